The van der Waals surface area contributed by atoms with Gasteiger partial charge in [-0.2, -0.15) is 0 Å². The van der Waals surface area contributed by atoms with E-state index in [9.17, 15) is 0 Å². The number of nitrogens with zero attached hydrogens (tertiary/aromatic N) is 4. The van der Waals surface area contributed by atoms with Crippen LogP contribution in [0.1, 0.15) is 143 Å². The molecule has 0 spiro atoms. The van der Waals surface area contributed by atoms with Crippen molar-refractivity contribution in [2.75, 3.05) is 54.4 Å². The van der Waals surface area contributed by atoms with Gasteiger partial charge in [0.2, 0.25) is 0 Å². The summed E-state index contributed by atoms with van der Waals surface area (Å²) in [6.45, 7) is 18.4. The molecule has 5 rings (SSSR count). The maximum atomic E-state index is 2.54. The first-order valence-corrected chi connectivity index (χ1v) is 19.1. The molecule has 0 aliphatic carbocycles. The highest BCUT2D eigenvalue weighted by Gasteiger charge is 2.15. The second kappa shape index (κ2) is 25.2. The van der Waals surface area contributed by atoms with Gasteiger partial charge in [0, 0.05) is 24.2 Å². The highest BCUT2D eigenvalue weighted by molar-refractivity contribution is 5.28. The number of hydrogen-bond acceptors (Lipinski definition) is 4. The van der Waals surface area contributed by atoms with E-state index < -0.39 is 0 Å². The van der Waals surface area contributed by atoms with Crippen LogP contribution >= 0.6 is 0 Å². The Morgan fingerprint density at radius 3 is 1.20 bits per heavy atom. The summed E-state index contributed by atoms with van der Waals surface area (Å²) >= 11 is 0. The quantitative estimate of drug-likeness (QED) is 0.288. The Bertz CT molecular complexity index is 749. The lowest BCUT2D eigenvalue weighted by molar-refractivity contribution is 0.200. The third kappa shape index (κ3) is 17.7. The lowest BCUT2D eigenvalue weighted by Gasteiger charge is -2.29. The number of likely N-dealkylation sites (tertiary alicyclic amines) is 3. The van der Waals surface area contributed by atoms with E-state index in [2.05, 4.69) is 99.8 Å². The highest BCUT2D eigenvalue weighted by atomic mass is 15.1. The van der Waals surface area contributed by atoms with Gasteiger partial charge in [-0.05, 0) is 157 Å². The average molecular weight is 615 g/mol. The van der Waals surface area contributed by atoms with Gasteiger partial charge in [-0.25, -0.2) is 0 Å². The Morgan fingerprint density at radius 1 is 0.432 bits per heavy atom. The Hall–Kier alpha value is -0.940. The third-order valence-electron chi connectivity index (χ3n) is 10.7. The zero-order chi connectivity index (χ0) is 32.7. The molecule has 0 N–H and O–H groups in total. The molecule has 4 heteroatoms. The standard InChI is InChI=1S/C18H29N.2C7H15N.C6H13N.C2H6/c1-16-15-18-13-9-8-12-17(18)11-7-5-3-4-6-10-14-19(16)2;2*1-7-5-3-4-6-8(7)2;1-6-4-3-5-7(6)2;1-2/h8-9,12-13,16H,3-7,10-11,14-15H2,1-2H3;2*7H,3-6H2,1-2H3;6H,3-5H2,1-2H3;1-2H3. The monoisotopic (exact) mass is 615 g/mol. The van der Waals surface area contributed by atoms with Crippen LogP contribution in [-0.2, 0) is 12.8 Å². The predicted molar refractivity (Wildman–Crippen MR) is 198 cm³/mol. The maximum absolute atomic E-state index is 2.54. The smallest absolute Gasteiger partial charge is 0.0104 e. The summed E-state index contributed by atoms with van der Waals surface area (Å²) in [6, 6.07) is 12.2. The van der Waals surface area contributed by atoms with Crippen molar-refractivity contribution in [3.8, 4) is 0 Å². The van der Waals surface area contributed by atoms with Gasteiger partial charge >= 0.3 is 0 Å². The maximum Gasteiger partial charge on any atom is 0.0104 e. The van der Waals surface area contributed by atoms with Crippen LogP contribution in [0.25, 0.3) is 0 Å². The van der Waals surface area contributed by atoms with Gasteiger partial charge < -0.3 is 19.6 Å². The lowest BCUT2D eigenvalue weighted by atomic mass is 9.96. The van der Waals surface area contributed by atoms with Crippen LogP contribution in [0, 0.1) is 0 Å². The molecule has 0 bridgehead atoms. The number of piperidine rings is 2. The molecule has 4 aliphatic heterocycles. The van der Waals surface area contributed by atoms with Crippen molar-refractivity contribution in [3.05, 3.63) is 35.4 Å². The van der Waals surface area contributed by atoms with Crippen molar-refractivity contribution in [2.45, 2.75) is 168 Å². The fourth-order valence-electron chi connectivity index (χ4n) is 6.64. The summed E-state index contributed by atoms with van der Waals surface area (Å²) in [6.07, 6.45) is 22.1. The van der Waals surface area contributed by atoms with E-state index in [4.69, 9.17) is 0 Å². The summed E-state index contributed by atoms with van der Waals surface area (Å²) in [5, 5.41) is 0. The molecule has 4 unspecified atom stereocenters. The van der Waals surface area contributed by atoms with Crippen LogP contribution in [0.5, 0.6) is 0 Å². The number of benzene rings is 1. The fourth-order valence-corrected chi connectivity index (χ4v) is 6.64. The van der Waals surface area contributed by atoms with Gasteiger partial charge in [0.15, 0.2) is 0 Å². The molecule has 0 aromatic heterocycles. The van der Waals surface area contributed by atoms with Crippen LogP contribution in [0.4, 0.5) is 0 Å². The fraction of sp³-hybridized carbons (Fsp3) is 0.850. The number of hydrogen-bond donors (Lipinski definition) is 0. The van der Waals surface area contributed by atoms with E-state index >= 15 is 0 Å². The molecule has 44 heavy (non-hydrogen) atoms. The number of fused-ring (bicyclic) bond motifs is 1. The van der Waals surface area contributed by atoms with Crippen LogP contribution < -0.4 is 0 Å². The number of rotatable bonds is 0. The molecule has 4 heterocycles. The molecule has 4 atom stereocenters. The molecular weight excluding hydrogens is 536 g/mol. The van der Waals surface area contributed by atoms with Gasteiger partial charge in [-0.1, -0.05) is 76.6 Å². The topological polar surface area (TPSA) is 13.0 Å². The lowest BCUT2D eigenvalue weighted by Crippen LogP contribution is -2.33. The van der Waals surface area contributed by atoms with Gasteiger partial charge in [0.25, 0.3) is 0 Å². The van der Waals surface area contributed by atoms with Gasteiger partial charge in [-0.15, -0.1) is 0 Å². The third-order valence-corrected chi connectivity index (χ3v) is 10.7. The molecule has 0 saturated carbocycles. The van der Waals surface area contributed by atoms with Crippen LogP contribution in [0.3, 0.4) is 0 Å². The van der Waals surface area contributed by atoms with E-state index in [1.54, 1.807) is 11.1 Å². The first-order valence-electron chi connectivity index (χ1n) is 19.1. The summed E-state index contributed by atoms with van der Waals surface area (Å²) in [7, 11) is 8.90. The van der Waals surface area contributed by atoms with E-state index in [1.165, 1.54) is 129 Å². The van der Waals surface area contributed by atoms with E-state index in [0.717, 1.165) is 18.1 Å². The largest absolute Gasteiger partial charge is 0.304 e. The summed E-state index contributed by atoms with van der Waals surface area (Å²) in [4.78, 5) is 9.81. The van der Waals surface area contributed by atoms with Crippen molar-refractivity contribution < 1.29 is 0 Å². The van der Waals surface area contributed by atoms with Crippen molar-refractivity contribution >= 4 is 0 Å². The van der Waals surface area contributed by atoms with E-state index in [-0.39, 0.29) is 0 Å². The Labute approximate surface area is 277 Å². The highest BCUT2D eigenvalue weighted by Crippen LogP contribution is 2.19. The summed E-state index contributed by atoms with van der Waals surface area (Å²) in [5.74, 6) is 0. The SMILES string of the molecule is CC.CC1CCCCN1C.CC1CCCCN1C.CC1CCCN1C.CC1Cc2ccccc2CCCCCCCCN1C. The molecule has 4 aliphatic rings. The second-order valence-electron chi connectivity index (χ2n) is 14.3. The molecule has 3 saturated heterocycles. The first-order chi connectivity index (χ1) is 21.2. The van der Waals surface area contributed by atoms with E-state index in [0.29, 0.717) is 6.04 Å². The Balaban J connectivity index is 0.000000321. The van der Waals surface area contributed by atoms with Gasteiger partial charge in [-0.3, -0.25) is 0 Å². The van der Waals surface area contributed by atoms with Gasteiger partial charge in [0.05, 0.1) is 0 Å². The molecule has 1 aromatic carbocycles. The molecule has 1 aromatic rings. The van der Waals surface area contributed by atoms with Gasteiger partial charge in [0.1, 0.15) is 0 Å². The van der Waals surface area contributed by atoms with Crippen molar-refractivity contribution in [3.63, 3.8) is 0 Å². The minimum Gasteiger partial charge on any atom is -0.304 e. The summed E-state index contributed by atoms with van der Waals surface area (Å²) < 4.78 is 0. The van der Waals surface area contributed by atoms with Crippen LogP contribution in [0.15, 0.2) is 24.3 Å². The first kappa shape index (κ1) is 41.1. The Kier molecular flexibility index (Phi) is 23.5. The van der Waals surface area contributed by atoms with Crippen molar-refractivity contribution in [1.29, 1.82) is 0 Å². The average Bonchev–Trinajstić information content (AvgIpc) is 3.41. The zero-order valence-electron chi connectivity index (χ0n) is 31.5. The molecular formula is C40H78N4. The van der Waals surface area contributed by atoms with Crippen molar-refractivity contribution in [1.82, 2.24) is 19.6 Å². The van der Waals surface area contributed by atoms with Crippen LogP contribution in [-0.4, -0.2) is 98.1 Å². The number of aryl methyl sites for hydroxylation is 1. The Morgan fingerprint density at radius 2 is 0.795 bits per heavy atom. The van der Waals surface area contributed by atoms with E-state index in [1.807, 2.05) is 13.8 Å². The molecule has 3 fully saturated rings. The number of likely N-dealkylation sites (N-methyl/N-ethyl adjacent to an activating group) is 1. The summed E-state index contributed by atoms with van der Waals surface area (Å²) in [5.41, 5.74) is 3.16. The second-order valence-corrected chi connectivity index (χ2v) is 14.3. The zero-order valence-corrected chi connectivity index (χ0v) is 31.5. The van der Waals surface area contributed by atoms with Crippen molar-refractivity contribution in [2.24, 2.45) is 0 Å². The van der Waals surface area contributed by atoms with Crippen LogP contribution in [0.2, 0.25) is 0 Å². The minimum absolute atomic E-state index is 0.655. The minimum atomic E-state index is 0.655. The predicted octanol–water partition coefficient (Wildman–Crippen LogP) is 9.55. The molecule has 0 amide bonds. The molecule has 0 radical (unpaired) electrons. The normalized spacial score (nSPS) is 27.9. The molecule has 4 nitrogen and oxygen atoms in total. The molecule has 258 valence electrons.